The molecule has 0 aliphatic heterocycles. The van der Waals surface area contributed by atoms with E-state index in [0.29, 0.717) is 17.1 Å². The number of nitrogens with one attached hydrogen (secondary N) is 2. The van der Waals surface area contributed by atoms with Crippen LogP contribution >= 0.6 is 0 Å². The average molecular weight is 376 g/mol. The number of hydrogen-bond donors (Lipinski definition) is 2. The summed E-state index contributed by atoms with van der Waals surface area (Å²) in [6, 6.07) is 4.68. The zero-order valence-corrected chi connectivity index (χ0v) is 15.4. The monoisotopic (exact) mass is 376 g/mol. The Morgan fingerprint density at radius 2 is 1.81 bits per heavy atom. The number of urea groups is 1. The molecule has 0 aromatic heterocycles. The lowest BCUT2D eigenvalue weighted by Gasteiger charge is -2.12. The van der Waals surface area contributed by atoms with Gasteiger partial charge in [-0.25, -0.2) is 9.59 Å². The molecule has 146 valence electrons. The Kier molecular flexibility index (Phi) is 7.66. The van der Waals surface area contributed by atoms with Crippen LogP contribution in [0.2, 0.25) is 0 Å². The summed E-state index contributed by atoms with van der Waals surface area (Å²) in [5.74, 6) is -0.278. The van der Waals surface area contributed by atoms with E-state index in [2.05, 4.69) is 10.6 Å². The van der Waals surface area contributed by atoms with E-state index in [1.165, 1.54) is 26.4 Å². The van der Waals surface area contributed by atoms with Crippen LogP contribution in [-0.4, -0.2) is 44.8 Å². The number of ether oxygens (including phenoxy) is 3. The van der Waals surface area contributed by atoms with Gasteiger partial charge >= 0.3 is 12.0 Å². The molecule has 1 aromatic carbocycles. The molecule has 8 nitrogen and oxygen atoms in total. The minimum Gasteiger partial charge on any atom is -0.493 e. The smallest absolute Gasteiger partial charge is 0.331 e. The number of esters is 1. The highest BCUT2D eigenvalue weighted by Gasteiger charge is 2.18. The van der Waals surface area contributed by atoms with Crippen LogP contribution in [0.4, 0.5) is 4.79 Å². The average Bonchev–Trinajstić information content (AvgIpc) is 3.17. The van der Waals surface area contributed by atoms with Crippen molar-refractivity contribution in [1.29, 1.82) is 0 Å². The van der Waals surface area contributed by atoms with Crippen LogP contribution in [-0.2, 0) is 14.3 Å². The molecule has 0 heterocycles. The Bertz CT molecular complexity index is 710. The first-order chi connectivity index (χ1) is 13.0. The lowest BCUT2D eigenvalue weighted by atomic mass is 10.2. The molecule has 2 rings (SSSR count). The molecule has 2 N–H and O–H groups in total. The fraction of sp³-hybridized carbons (Fsp3) is 0.421. The molecule has 0 bridgehead atoms. The molecule has 1 fully saturated rings. The number of carbonyl (C=O) groups excluding carboxylic acids is 3. The Morgan fingerprint density at radius 1 is 1.11 bits per heavy atom. The molecular weight excluding hydrogens is 352 g/mol. The Morgan fingerprint density at radius 3 is 2.48 bits per heavy atom. The number of methoxy groups -OCH3 is 2. The van der Waals surface area contributed by atoms with Crippen LogP contribution in [0.15, 0.2) is 24.3 Å². The fourth-order valence-electron chi connectivity index (χ4n) is 2.76. The summed E-state index contributed by atoms with van der Waals surface area (Å²) in [7, 11) is 3.05. The summed E-state index contributed by atoms with van der Waals surface area (Å²) in [5, 5.41) is 4.86. The third kappa shape index (κ3) is 6.65. The molecule has 0 spiro atoms. The first-order valence-corrected chi connectivity index (χ1v) is 8.69. The maximum Gasteiger partial charge on any atom is 0.331 e. The molecule has 1 saturated carbocycles. The highest BCUT2D eigenvalue weighted by molar-refractivity contribution is 5.96. The highest BCUT2D eigenvalue weighted by Crippen LogP contribution is 2.27. The van der Waals surface area contributed by atoms with Crippen LogP contribution in [0, 0.1) is 0 Å². The maximum atomic E-state index is 11.7. The molecule has 1 aromatic rings. The van der Waals surface area contributed by atoms with Gasteiger partial charge in [0.25, 0.3) is 5.91 Å². The molecule has 0 atom stereocenters. The van der Waals surface area contributed by atoms with Crippen LogP contribution in [0.1, 0.15) is 31.2 Å². The van der Waals surface area contributed by atoms with Gasteiger partial charge in [-0.3, -0.25) is 10.1 Å². The van der Waals surface area contributed by atoms with Gasteiger partial charge in [0.1, 0.15) is 0 Å². The summed E-state index contributed by atoms with van der Waals surface area (Å²) in [6.45, 7) is -0.535. The van der Waals surface area contributed by atoms with Gasteiger partial charge in [-0.05, 0) is 36.6 Å². The van der Waals surface area contributed by atoms with Crippen LogP contribution in [0.5, 0.6) is 11.5 Å². The fourth-order valence-corrected chi connectivity index (χ4v) is 2.76. The second-order valence-electron chi connectivity index (χ2n) is 6.06. The standard InChI is InChI=1S/C19H24N2O6/c1-25-15-9-7-13(11-16(15)26-2)8-10-18(23)27-12-17(22)21-19(24)20-14-5-3-4-6-14/h7-11,14H,3-6,12H2,1-2H3,(H2,20,21,22,24)/b10-8+. The number of hydrogen-bond acceptors (Lipinski definition) is 6. The summed E-state index contributed by atoms with van der Waals surface area (Å²) >= 11 is 0. The third-order valence-electron chi connectivity index (χ3n) is 4.11. The summed E-state index contributed by atoms with van der Waals surface area (Å²) < 4.78 is 15.1. The Labute approximate surface area is 157 Å². The van der Waals surface area contributed by atoms with Crippen molar-refractivity contribution in [1.82, 2.24) is 10.6 Å². The number of benzene rings is 1. The Balaban J connectivity index is 1.75. The first kappa shape index (κ1) is 20.3. The van der Waals surface area contributed by atoms with Crippen molar-refractivity contribution in [2.75, 3.05) is 20.8 Å². The van der Waals surface area contributed by atoms with Gasteiger partial charge in [0.2, 0.25) is 0 Å². The van der Waals surface area contributed by atoms with Crippen molar-refractivity contribution in [3.05, 3.63) is 29.8 Å². The van der Waals surface area contributed by atoms with Crippen molar-refractivity contribution < 1.29 is 28.6 Å². The van der Waals surface area contributed by atoms with E-state index >= 15 is 0 Å². The minimum absolute atomic E-state index is 0.102. The van der Waals surface area contributed by atoms with E-state index in [-0.39, 0.29) is 6.04 Å². The van der Waals surface area contributed by atoms with Gasteiger partial charge in [0, 0.05) is 12.1 Å². The van der Waals surface area contributed by atoms with Crippen LogP contribution < -0.4 is 20.1 Å². The highest BCUT2D eigenvalue weighted by atomic mass is 16.5. The van der Waals surface area contributed by atoms with E-state index in [4.69, 9.17) is 14.2 Å². The molecule has 3 amide bonds. The molecular formula is C19H24N2O6. The van der Waals surface area contributed by atoms with Gasteiger partial charge in [-0.2, -0.15) is 0 Å². The normalized spacial score (nSPS) is 14.0. The predicted octanol–water partition coefficient (Wildman–Crippen LogP) is 2.03. The van der Waals surface area contributed by atoms with Gasteiger partial charge in [0.05, 0.1) is 14.2 Å². The third-order valence-corrected chi connectivity index (χ3v) is 4.11. The molecule has 1 aliphatic carbocycles. The van der Waals surface area contributed by atoms with Crippen molar-refractivity contribution in [2.24, 2.45) is 0 Å². The second-order valence-corrected chi connectivity index (χ2v) is 6.06. The van der Waals surface area contributed by atoms with Crippen LogP contribution in [0.3, 0.4) is 0 Å². The first-order valence-electron chi connectivity index (χ1n) is 8.69. The number of carbonyl (C=O) groups is 3. The lowest BCUT2D eigenvalue weighted by molar-refractivity contribution is -0.143. The zero-order chi connectivity index (χ0) is 19.6. The van der Waals surface area contributed by atoms with E-state index in [1.807, 2.05) is 0 Å². The van der Waals surface area contributed by atoms with E-state index in [1.54, 1.807) is 18.2 Å². The molecule has 0 saturated heterocycles. The quantitative estimate of drug-likeness (QED) is 0.558. The number of amides is 3. The molecule has 8 heteroatoms. The second kappa shape index (κ2) is 10.2. The van der Waals surface area contributed by atoms with Crippen molar-refractivity contribution in [3.8, 4) is 11.5 Å². The van der Waals surface area contributed by atoms with Gasteiger partial charge in [-0.15, -0.1) is 0 Å². The van der Waals surface area contributed by atoms with Gasteiger partial charge < -0.3 is 19.5 Å². The molecule has 27 heavy (non-hydrogen) atoms. The molecule has 0 radical (unpaired) electrons. The van der Waals surface area contributed by atoms with E-state index in [0.717, 1.165) is 25.7 Å². The van der Waals surface area contributed by atoms with Crippen molar-refractivity contribution in [2.45, 2.75) is 31.7 Å². The topological polar surface area (TPSA) is 103 Å². The maximum absolute atomic E-state index is 11.7. The molecule has 0 unspecified atom stereocenters. The minimum atomic E-state index is -0.698. The molecule has 1 aliphatic rings. The predicted molar refractivity (Wildman–Crippen MR) is 98.5 cm³/mol. The number of imide groups is 1. The lowest BCUT2D eigenvalue weighted by Crippen LogP contribution is -2.44. The van der Waals surface area contributed by atoms with E-state index < -0.39 is 24.5 Å². The largest absolute Gasteiger partial charge is 0.493 e. The summed E-state index contributed by atoms with van der Waals surface area (Å²) in [6.07, 6.45) is 6.68. The SMILES string of the molecule is COc1ccc(/C=C/C(=O)OCC(=O)NC(=O)NC2CCCC2)cc1OC. The number of rotatable bonds is 7. The summed E-state index contributed by atoms with van der Waals surface area (Å²) in [4.78, 5) is 35.0. The van der Waals surface area contributed by atoms with Crippen LogP contribution in [0.25, 0.3) is 6.08 Å². The summed E-state index contributed by atoms with van der Waals surface area (Å²) in [5.41, 5.74) is 0.699. The zero-order valence-electron chi connectivity index (χ0n) is 15.4. The van der Waals surface area contributed by atoms with Crippen molar-refractivity contribution in [3.63, 3.8) is 0 Å². The van der Waals surface area contributed by atoms with Crippen molar-refractivity contribution >= 4 is 24.0 Å². The van der Waals surface area contributed by atoms with Gasteiger partial charge in [-0.1, -0.05) is 18.9 Å². The Hall–Kier alpha value is -3.03. The van der Waals surface area contributed by atoms with Gasteiger partial charge in [0.15, 0.2) is 18.1 Å². The van der Waals surface area contributed by atoms with E-state index in [9.17, 15) is 14.4 Å².